The van der Waals surface area contributed by atoms with Crippen LogP contribution in [-0.2, 0) is 33.9 Å². The maximum Gasteiger partial charge on any atom is 0.245 e. The van der Waals surface area contributed by atoms with Crippen molar-refractivity contribution in [2.75, 3.05) is 38.1 Å². The molecule has 6 rings (SSSR count). The van der Waals surface area contributed by atoms with Crippen LogP contribution in [0.2, 0.25) is 5.02 Å². The fourth-order valence-electron chi connectivity index (χ4n) is 7.30. The van der Waals surface area contributed by atoms with Gasteiger partial charge in [0, 0.05) is 73.5 Å². The zero-order chi connectivity index (χ0) is 38.0. The number of halogens is 1. The Morgan fingerprint density at radius 1 is 0.907 bits per heavy atom. The summed E-state index contributed by atoms with van der Waals surface area (Å²) in [7, 11) is 1.65. The molecule has 3 amide bonds. The molecule has 0 spiro atoms. The van der Waals surface area contributed by atoms with E-state index in [9.17, 15) is 14.4 Å². The van der Waals surface area contributed by atoms with Gasteiger partial charge in [0.25, 0.3) is 0 Å². The number of nitrogens with one attached hydrogen (secondary N) is 4. The number of aromatic nitrogens is 2. The summed E-state index contributed by atoms with van der Waals surface area (Å²) in [6, 6.07) is 13.5. The molecule has 1 saturated heterocycles. The van der Waals surface area contributed by atoms with Gasteiger partial charge in [-0.25, -0.2) is 4.98 Å². The number of likely N-dealkylation sites (N-methyl/N-ethyl adjacent to an activating group) is 1. The number of unbranched alkanes of at least 4 members (excludes halogenated alkanes) is 1. The van der Waals surface area contributed by atoms with Gasteiger partial charge in [-0.15, -0.1) is 0 Å². The minimum absolute atomic E-state index is 0.188. The van der Waals surface area contributed by atoms with E-state index in [1.165, 1.54) is 16.7 Å². The van der Waals surface area contributed by atoms with Crippen molar-refractivity contribution in [1.29, 1.82) is 0 Å². The standard InChI is InChI=1S/C40H52ClN9O3S/c1-49-35(21-27-24-45-32-12-3-2-11-30(27)32)38(52)47-25-28-20-29(50-18-6-7-19-50)22-31(41)36(28)54-39-26(10-9-17-44-39)23-46-33(14-8-16-43)37(51)48-34(40(49)53)13-4-5-15-42/h2-3,9-12,17,20,22,24,33-35,45-46H,4-8,13-16,18-19,21,23,25,42-43H2,1H3,(H,47,52)(H,48,51)/t33-,34-,35?/m0/s1. The summed E-state index contributed by atoms with van der Waals surface area (Å²) in [6.07, 6.45) is 8.91. The second-order valence-electron chi connectivity index (χ2n) is 14.1. The lowest BCUT2D eigenvalue weighted by atomic mass is 10.0. The van der Waals surface area contributed by atoms with Gasteiger partial charge in [0.1, 0.15) is 17.1 Å². The Balaban J connectivity index is 1.42. The second-order valence-corrected chi connectivity index (χ2v) is 15.5. The summed E-state index contributed by atoms with van der Waals surface area (Å²) in [5.41, 5.74) is 16.3. The summed E-state index contributed by atoms with van der Waals surface area (Å²) < 4.78 is 0. The SMILES string of the molecule is CN1C(=O)[C@H](CCCCN)NC(=O)[C@H](CCCN)NCc2cccnc2Sc2c(Cl)cc(N3CCCC3)cc2CNC(=O)C1Cc1c[nH]c2ccccc12. The maximum atomic E-state index is 14.5. The number of rotatable bonds is 10. The molecule has 3 atom stereocenters. The number of anilines is 1. The number of hydrogen-bond acceptors (Lipinski definition) is 9. The van der Waals surface area contributed by atoms with Crippen molar-refractivity contribution in [2.45, 2.75) is 92.5 Å². The lowest BCUT2D eigenvalue weighted by Gasteiger charge is -2.32. The Morgan fingerprint density at radius 2 is 1.69 bits per heavy atom. The zero-order valence-corrected chi connectivity index (χ0v) is 32.5. The smallest absolute Gasteiger partial charge is 0.245 e. The first-order valence-corrected chi connectivity index (χ1v) is 20.2. The molecule has 14 heteroatoms. The van der Waals surface area contributed by atoms with E-state index in [0.717, 1.165) is 69.1 Å². The number of amides is 3. The number of carbonyl (C=O) groups is 3. The molecule has 2 aromatic heterocycles. The van der Waals surface area contributed by atoms with Gasteiger partial charge < -0.3 is 42.2 Å². The molecule has 2 aliphatic rings. The van der Waals surface area contributed by atoms with Crippen molar-refractivity contribution >= 4 is 57.7 Å². The van der Waals surface area contributed by atoms with Crippen molar-refractivity contribution in [2.24, 2.45) is 11.5 Å². The molecule has 12 nitrogen and oxygen atoms in total. The predicted molar refractivity (Wildman–Crippen MR) is 215 cm³/mol. The number of para-hydroxylation sites is 1. The van der Waals surface area contributed by atoms with E-state index in [2.05, 4.69) is 31.9 Å². The van der Waals surface area contributed by atoms with Crippen LogP contribution in [0.1, 0.15) is 61.6 Å². The second kappa shape index (κ2) is 18.9. The third-order valence-corrected chi connectivity index (χ3v) is 12.1. The monoisotopic (exact) mass is 773 g/mol. The van der Waals surface area contributed by atoms with Crippen LogP contribution in [0, 0.1) is 0 Å². The largest absolute Gasteiger partial charge is 0.371 e. The van der Waals surface area contributed by atoms with Crippen molar-refractivity contribution in [3.63, 3.8) is 0 Å². The Labute approximate surface area is 326 Å². The Morgan fingerprint density at radius 3 is 2.48 bits per heavy atom. The number of benzene rings is 2. The van der Waals surface area contributed by atoms with Crippen molar-refractivity contribution in [3.05, 3.63) is 82.6 Å². The van der Waals surface area contributed by atoms with Crippen LogP contribution in [0.3, 0.4) is 0 Å². The molecule has 0 aliphatic carbocycles. The molecule has 4 aromatic rings. The molecule has 0 radical (unpaired) electrons. The fourth-order valence-corrected chi connectivity index (χ4v) is 8.65. The minimum Gasteiger partial charge on any atom is -0.371 e. The summed E-state index contributed by atoms with van der Waals surface area (Å²) in [5.74, 6) is -0.954. The van der Waals surface area contributed by atoms with Gasteiger partial charge in [0.2, 0.25) is 17.7 Å². The highest BCUT2D eigenvalue weighted by molar-refractivity contribution is 7.99. The van der Waals surface area contributed by atoms with Gasteiger partial charge in [0.15, 0.2) is 0 Å². The number of fused-ring (bicyclic) bond motifs is 3. The van der Waals surface area contributed by atoms with E-state index in [1.54, 1.807) is 13.2 Å². The third-order valence-electron chi connectivity index (χ3n) is 10.4. The number of carbonyl (C=O) groups excluding carboxylic acids is 3. The number of hydrogen-bond donors (Lipinski definition) is 6. The Kier molecular flexibility index (Phi) is 13.9. The predicted octanol–water partition coefficient (Wildman–Crippen LogP) is 4.48. The molecule has 2 aromatic carbocycles. The summed E-state index contributed by atoms with van der Waals surface area (Å²) in [6.45, 7) is 3.30. The van der Waals surface area contributed by atoms with Gasteiger partial charge in [-0.3, -0.25) is 14.4 Å². The molecule has 8 N–H and O–H groups in total. The van der Waals surface area contributed by atoms with Crippen LogP contribution >= 0.6 is 23.4 Å². The van der Waals surface area contributed by atoms with Gasteiger partial charge in [-0.05, 0) is 99.0 Å². The van der Waals surface area contributed by atoms with Crippen LogP contribution in [0.5, 0.6) is 0 Å². The van der Waals surface area contributed by atoms with Gasteiger partial charge in [-0.2, -0.15) is 0 Å². The summed E-state index contributed by atoms with van der Waals surface area (Å²) in [5, 5.41) is 12.0. The molecular formula is C40H52ClN9O3S. The van der Waals surface area contributed by atoms with Crippen molar-refractivity contribution < 1.29 is 14.4 Å². The number of pyridine rings is 1. The first-order chi connectivity index (χ1) is 26.3. The molecule has 1 unspecified atom stereocenters. The molecule has 54 heavy (non-hydrogen) atoms. The van der Waals surface area contributed by atoms with Crippen LogP contribution in [0.4, 0.5) is 5.69 Å². The van der Waals surface area contributed by atoms with Gasteiger partial charge in [-0.1, -0.05) is 47.6 Å². The average Bonchev–Trinajstić information content (AvgIpc) is 3.87. The molecular weight excluding hydrogens is 722 g/mol. The number of nitrogens with zero attached hydrogens (tertiary/aromatic N) is 3. The van der Waals surface area contributed by atoms with E-state index in [1.807, 2.05) is 48.7 Å². The molecule has 4 heterocycles. The van der Waals surface area contributed by atoms with E-state index in [-0.39, 0.29) is 30.7 Å². The normalized spacial score (nSPS) is 20.4. The van der Waals surface area contributed by atoms with Crippen LogP contribution in [0.15, 0.2) is 70.8 Å². The zero-order valence-electron chi connectivity index (χ0n) is 30.9. The quantitative estimate of drug-likeness (QED) is 0.127. The summed E-state index contributed by atoms with van der Waals surface area (Å²) in [4.78, 5) is 55.7. The lowest BCUT2D eigenvalue weighted by molar-refractivity contribution is -0.142. The van der Waals surface area contributed by atoms with Crippen LogP contribution in [-0.4, -0.2) is 83.9 Å². The molecule has 0 saturated carbocycles. The molecule has 0 bridgehead atoms. The van der Waals surface area contributed by atoms with Crippen molar-refractivity contribution in [1.82, 2.24) is 30.8 Å². The highest BCUT2D eigenvalue weighted by Crippen LogP contribution is 2.40. The fraction of sp³-hybridized carbons (Fsp3) is 0.450. The number of H-pyrrole nitrogens is 1. The number of aromatic amines is 1. The van der Waals surface area contributed by atoms with Gasteiger partial charge >= 0.3 is 0 Å². The summed E-state index contributed by atoms with van der Waals surface area (Å²) >= 11 is 8.55. The van der Waals surface area contributed by atoms with Crippen LogP contribution in [0.25, 0.3) is 10.9 Å². The molecule has 288 valence electrons. The Bertz CT molecular complexity index is 1920. The average molecular weight is 774 g/mol. The Hall–Kier alpha value is -4.14. The van der Waals surface area contributed by atoms with Gasteiger partial charge in [0.05, 0.1) is 11.1 Å². The third kappa shape index (κ3) is 9.56. The van der Waals surface area contributed by atoms with E-state index in [4.69, 9.17) is 28.1 Å². The van der Waals surface area contributed by atoms with Crippen molar-refractivity contribution in [3.8, 4) is 0 Å². The van der Waals surface area contributed by atoms with E-state index < -0.39 is 18.1 Å². The first-order valence-electron chi connectivity index (χ1n) is 19.0. The highest BCUT2D eigenvalue weighted by Gasteiger charge is 2.34. The van der Waals surface area contributed by atoms with E-state index >= 15 is 0 Å². The first kappa shape index (κ1) is 39.6. The van der Waals surface area contributed by atoms with E-state index in [0.29, 0.717) is 56.8 Å². The maximum absolute atomic E-state index is 14.5. The minimum atomic E-state index is -0.886. The number of nitrogens with two attached hydrogens (primary N) is 2. The topological polar surface area (TPSA) is 174 Å². The highest BCUT2D eigenvalue weighted by atomic mass is 35.5. The lowest BCUT2D eigenvalue weighted by Crippen LogP contribution is -2.57. The molecule has 2 aliphatic heterocycles. The molecule has 1 fully saturated rings. The van der Waals surface area contributed by atoms with Crippen LogP contribution < -0.4 is 32.3 Å².